The number of carbonyl (C=O) groups excluding carboxylic acids is 1. The first-order valence-electron chi connectivity index (χ1n) is 17.3. The third-order valence-electron chi connectivity index (χ3n) is 8.35. The van der Waals surface area contributed by atoms with Crippen molar-refractivity contribution in [1.29, 1.82) is 0 Å². The Labute approximate surface area is 311 Å². The van der Waals surface area contributed by atoms with E-state index in [4.69, 9.17) is 18.9 Å². The van der Waals surface area contributed by atoms with Crippen molar-refractivity contribution in [3.05, 3.63) is 114 Å². The normalized spacial score (nSPS) is 11.9. The number of methoxy groups -OCH3 is 2. The van der Waals surface area contributed by atoms with E-state index < -0.39 is 15.6 Å². The molecule has 0 unspecified atom stereocenters. The van der Waals surface area contributed by atoms with Crippen molar-refractivity contribution in [2.45, 2.75) is 77.2 Å². The van der Waals surface area contributed by atoms with E-state index in [0.717, 1.165) is 33.4 Å². The fourth-order valence-corrected chi connectivity index (χ4v) is 7.12. The number of sulfonamides is 1. The van der Waals surface area contributed by atoms with Crippen LogP contribution in [0.2, 0.25) is 0 Å². The maximum absolute atomic E-state index is 14.0. The smallest absolute Gasteiger partial charge is 0.310 e. The molecule has 0 amide bonds. The maximum atomic E-state index is 14.0. The van der Waals surface area contributed by atoms with Crippen LogP contribution in [0.25, 0.3) is 11.1 Å². The number of rotatable bonds is 16. The summed E-state index contributed by atoms with van der Waals surface area (Å²) in [5.41, 5.74) is 4.50. The van der Waals surface area contributed by atoms with Crippen molar-refractivity contribution in [2.24, 2.45) is 0 Å². The van der Waals surface area contributed by atoms with E-state index in [0.29, 0.717) is 11.5 Å². The quantitative estimate of drug-likeness (QED) is 0.0990. The van der Waals surface area contributed by atoms with Crippen LogP contribution >= 0.6 is 0 Å². The van der Waals surface area contributed by atoms with Gasteiger partial charge in [0.2, 0.25) is 5.88 Å². The van der Waals surface area contributed by atoms with Gasteiger partial charge in [-0.05, 0) is 84.8 Å². The summed E-state index contributed by atoms with van der Waals surface area (Å²) in [7, 11) is -0.845. The van der Waals surface area contributed by atoms with Gasteiger partial charge in [0, 0.05) is 30.9 Å². The van der Waals surface area contributed by atoms with Gasteiger partial charge in [-0.3, -0.25) is 9.48 Å². The molecule has 5 aromatic rings. The lowest BCUT2D eigenvalue weighted by Crippen LogP contribution is -2.30. The van der Waals surface area contributed by atoms with Gasteiger partial charge < -0.3 is 18.9 Å². The van der Waals surface area contributed by atoms with Crippen LogP contribution in [0.5, 0.6) is 17.4 Å². The molecule has 5 rings (SSSR count). The number of aromatic nitrogens is 4. The van der Waals surface area contributed by atoms with Gasteiger partial charge in [0.25, 0.3) is 10.0 Å². The van der Waals surface area contributed by atoms with Gasteiger partial charge in [-0.15, -0.1) is 5.10 Å². The Kier molecular flexibility index (Phi) is 12.5. The third-order valence-corrected chi connectivity index (χ3v) is 10.0. The Hall–Kier alpha value is -5.27. The molecule has 2 aromatic heterocycles. The minimum absolute atomic E-state index is 0.0798. The monoisotopic (exact) mass is 741 g/mol. The predicted molar refractivity (Wildman–Crippen MR) is 201 cm³/mol. The Morgan fingerprint density at radius 2 is 1.51 bits per heavy atom. The lowest BCUT2D eigenvalue weighted by molar-refractivity contribution is -0.153. The molecule has 0 saturated heterocycles. The zero-order valence-electron chi connectivity index (χ0n) is 31.3. The molecule has 53 heavy (non-hydrogen) atoms. The maximum Gasteiger partial charge on any atom is 0.310 e. The summed E-state index contributed by atoms with van der Waals surface area (Å²) in [5, 5.41) is 12.7. The van der Waals surface area contributed by atoms with Gasteiger partial charge in [0.15, 0.2) is 5.03 Å². The molecule has 3 aromatic carbocycles. The lowest BCUT2D eigenvalue weighted by atomic mass is 9.89. The SMILES string of the molecule is COc1ccc(CN(Cc2ccc(OC)cc2)S(=O)(=O)c2ccn(CCOc3cc(-c4cccc(C(C)C)c4CC(=O)OC(C)(C)C)cnn3)n2)cc1. The van der Waals surface area contributed by atoms with Crippen LogP contribution in [0.3, 0.4) is 0 Å². The molecule has 280 valence electrons. The highest BCUT2D eigenvalue weighted by atomic mass is 32.2. The van der Waals surface area contributed by atoms with E-state index in [-0.39, 0.29) is 55.5 Å². The summed E-state index contributed by atoms with van der Waals surface area (Å²) in [4.78, 5) is 12.9. The lowest BCUT2D eigenvalue weighted by Gasteiger charge is -2.22. The summed E-state index contributed by atoms with van der Waals surface area (Å²) >= 11 is 0. The van der Waals surface area contributed by atoms with Gasteiger partial charge in [0.05, 0.1) is 33.4 Å². The predicted octanol–water partition coefficient (Wildman–Crippen LogP) is 6.84. The zero-order valence-corrected chi connectivity index (χ0v) is 32.1. The first kappa shape index (κ1) is 38.9. The highest BCUT2D eigenvalue weighted by molar-refractivity contribution is 7.89. The second kappa shape index (κ2) is 17.0. The second-order valence-corrected chi connectivity index (χ2v) is 15.7. The fourth-order valence-electron chi connectivity index (χ4n) is 5.78. The number of hydrogen-bond acceptors (Lipinski definition) is 10. The summed E-state index contributed by atoms with van der Waals surface area (Å²) in [5.74, 6) is 1.51. The van der Waals surface area contributed by atoms with E-state index >= 15 is 0 Å². The number of benzene rings is 3. The first-order valence-corrected chi connectivity index (χ1v) is 18.8. The Morgan fingerprint density at radius 1 is 0.887 bits per heavy atom. The molecule has 0 spiro atoms. The van der Waals surface area contributed by atoms with Crippen molar-refractivity contribution >= 4 is 16.0 Å². The molecule has 0 radical (unpaired) electrons. The summed E-state index contributed by atoms with van der Waals surface area (Å²) < 4.78 is 53.1. The molecule has 12 nitrogen and oxygen atoms in total. The van der Waals surface area contributed by atoms with E-state index in [2.05, 4.69) is 29.1 Å². The fraction of sp³-hybridized carbons (Fsp3) is 0.350. The minimum atomic E-state index is -4.01. The molecular formula is C40H47N5O7S. The molecule has 0 aliphatic heterocycles. The highest BCUT2D eigenvalue weighted by Crippen LogP contribution is 2.32. The van der Waals surface area contributed by atoms with E-state index in [1.807, 2.05) is 63.2 Å². The molecule has 0 aliphatic carbocycles. The number of hydrogen-bond donors (Lipinski definition) is 0. The van der Waals surface area contributed by atoms with Crippen LogP contribution in [-0.4, -0.2) is 65.1 Å². The van der Waals surface area contributed by atoms with Gasteiger partial charge in [-0.2, -0.15) is 14.5 Å². The van der Waals surface area contributed by atoms with Crippen LogP contribution < -0.4 is 14.2 Å². The molecule has 13 heteroatoms. The molecule has 0 N–H and O–H groups in total. The van der Waals surface area contributed by atoms with Gasteiger partial charge in [-0.1, -0.05) is 56.3 Å². The second-order valence-electron chi connectivity index (χ2n) is 13.8. The molecule has 0 aliphatic rings. The van der Waals surface area contributed by atoms with Gasteiger partial charge in [0.1, 0.15) is 23.7 Å². The third kappa shape index (κ3) is 10.4. The van der Waals surface area contributed by atoms with Crippen LogP contribution in [0.1, 0.15) is 62.8 Å². The summed E-state index contributed by atoms with van der Waals surface area (Å²) in [6.07, 6.45) is 3.36. The van der Waals surface area contributed by atoms with E-state index in [1.165, 1.54) is 15.1 Å². The largest absolute Gasteiger partial charge is 0.497 e. The minimum Gasteiger partial charge on any atom is -0.497 e. The van der Waals surface area contributed by atoms with Crippen molar-refractivity contribution in [2.75, 3.05) is 20.8 Å². The van der Waals surface area contributed by atoms with Crippen molar-refractivity contribution in [1.82, 2.24) is 24.3 Å². The first-order chi connectivity index (χ1) is 25.2. The van der Waals surface area contributed by atoms with Crippen LogP contribution in [0.15, 0.2) is 96.3 Å². The summed E-state index contributed by atoms with van der Waals surface area (Å²) in [6.45, 7) is 10.4. The van der Waals surface area contributed by atoms with Crippen LogP contribution in [0.4, 0.5) is 0 Å². The average Bonchev–Trinajstić information content (AvgIpc) is 3.61. The molecule has 0 atom stereocenters. The molecular weight excluding hydrogens is 695 g/mol. The zero-order chi connectivity index (χ0) is 38.2. The van der Waals surface area contributed by atoms with Crippen molar-refractivity contribution in [3.63, 3.8) is 0 Å². The number of esters is 1. The molecule has 0 saturated carbocycles. The highest BCUT2D eigenvalue weighted by Gasteiger charge is 2.28. The van der Waals surface area contributed by atoms with E-state index in [1.54, 1.807) is 56.9 Å². The molecule has 0 fully saturated rings. The Morgan fingerprint density at radius 3 is 2.08 bits per heavy atom. The summed E-state index contributed by atoms with van der Waals surface area (Å²) in [6, 6.07) is 23.8. The number of nitrogens with zero attached hydrogens (tertiary/aromatic N) is 5. The van der Waals surface area contributed by atoms with Crippen LogP contribution in [0, 0.1) is 0 Å². The van der Waals surface area contributed by atoms with Gasteiger partial charge in [-0.25, -0.2) is 8.42 Å². The average molecular weight is 742 g/mol. The topological polar surface area (TPSA) is 135 Å². The van der Waals surface area contributed by atoms with Crippen LogP contribution in [-0.2, 0) is 45.6 Å². The molecule has 2 heterocycles. The van der Waals surface area contributed by atoms with Crippen molar-refractivity contribution < 1.29 is 32.2 Å². The Bertz CT molecular complexity index is 2040. The Balaban J connectivity index is 1.30. The van der Waals surface area contributed by atoms with Crippen molar-refractivity contribution in [3.8, 4) is 28.5 Å². The van der Waals surface area contributed by atoms with Gasteiger partial charge >= 0.3 is 5.97 Å². The number of ether oxygens (including phenoxy) is 4. The number of carbonyl (C=O) groups is 1. The molecule has 0 bridgehead atoms. The van der Waals surface area contributed by atoms with E-state index in [9.17, 15) is 13.2 Å². The standard InChI is InChI=1S/C40H47N5O7S/c1-28(2)34-9-8-10-35(36(34)24-39(46)52-40(3,4)5)31-23-37(42-41-25-31)51-22-21-44-20-19-38(43-44)53(47,48)45(26-29-11-15-32(49-6)16-12-29)27-30-13-17-33(50-7)18-14-30/h8-20,23,25,28H,21-22,24,26-27H2,1-7H3.